The van der Waals surface area contributed by atoms with Crippen LogP contribution in [0, 0.1) is 12.7 Å². The highest BCUT2D eigenvalue weighted by Gasteiger charge is 2.41. The zero-order valence-corrected chi connectivity index (χ0v) is 15.2. The van der Waals surface area contributed by atoms with Crippen LogP contribution in [-0.4, -0.2) is 43.2 Å². The lowest BCUT2D eigenvalue weighted by atomic mass is 9.91. The molecular weight excluding hydrogens is 355 g/mol. The first-order chi connectivity index (χ1) is 12.4. The molecule has 26 heavy (non-hydrogen) atoms. The van der Waals surface area contributed by atoms with Crippen LogP contribution in [0.15, 0.2) is 47.4 Å². The predicted molar refractivity (Wildman–Crippen MR) is 94.5 cm³/mol. The Kier molecular flexibility index (Phi) is 4.08. The molecule has 136 valence electrons. The molecule has 0 N–H and O–H groups in total. The standard InChI is InChI=1S/C19H19FN2O3S/c1-13-10-15(6-7-17(13)20)26(24,25)21-11-18-16-5-3-2-4-14(16)8-9-22(18)19(23)12-21/h2-7,10,18H,8-9,11-12H2,1H3. The summed E-state index contributed by atoms with van der Waals surface area (Å²) in [5.41, 5.74) is 2.42. The van der Waals surface area contributed by atoms with E-state index in [1.165, 1.54) is 23.4 Å². The summed E-state index contributed by atoms with van der Waals surface area (Å²) in [5.74, 6) is -0.649. The van der Waals surface area contributed by atoms with E-state index in [2.05, 4.69) is 0 Å². The van der Waals surface area contributed by atoms with Gasteiger partial charge in [-0.2, -0.15) is 4.31 Å². The van der Waals surface area contributed by atoms with Crippen LogP contribution in [0.3, 0.4) is 0 Å². The molecule has 2 heterocycles. The Morgan fingerprint density at radius 3 is 2.69 bits per heavy atom. The van der Waals surface area contributed by atoms with E-state index in [-0.39, 0.29) is 35.5 Å². The van der Waals surface area contributed by atoms with Gasteiger partial charge in [0.25, 0.3) is 0 Å². The highest BCUT2D eigenvalue weighted by atomic mass is 32.2. The van der Waals surface area contributed by atoms with Crippen LogP contribution >= 0.6 is 0 Å². The number of halogens is 1. The van der Waals surface area contributed by atoms with E-state index in [1.807, 2.05) is 24.3 Å². The Morgan fingerprint density at radius 1 is 1.15 bits per heavy atom. The third-order valence-corrected chi connectivity index (χ3v) is 7.00. The van der Waals surface area contributed by atoms with Crippen molar-refractivity contribution >= 4 is 15.9 Å². The normalized spacial score (nSPS) is 20.6. The maximum absolute atomic E-state index is 13.5. The number of fused-ring (bicyclic) bond motifs is 3. The van der Waals surface area contributed by atoms with Crippen LogP contribution < -0.4 is 0 Å². The molecule has 1 amide bonds. The van der Waals surface area contributed by atoms with Crippen LogP contribution in [0.2, 0.25) is 0 Å². The van der Waals surface area contributed by atoms with Gasteiger partial charge in [0.2, 0.25) is 15.9 Å². The second kappa shape index (κ2) is 6.17. The average molecular weight is 374 g/mol. The molecule has 0 aliphatic carbocycles. The van der Waals surface area contributed by atoms with Crippen molar-refractivity contribution in [3.05, 3.63) is 65.0 Å². The van der Waals surface area contributed by atoms with Gasteiger partial charge in [-0.15, -0.1) is 0 Å². The molecule has 1 unspecified atom stereocenters. The third-order valence-electron chi connectivity index (χ3n) is 5.19. The summed E-state index contributed by atoms with van der Waals surface area (Å²) < 4.78 is 40.8. The van der Waals surface area contributed by atoms with Crippen LogP contribution in [0.1, 0.15) is 22.7 Å². The van der Waals surface area contributed by atoms with E-state index in [1.54, 1.807) is 4.90 Å². The molecule has 2 aliphatic rings. The Morgan fingerprint density at radius 2 is 1.92 bits per heavy atom. The van der Waals surface area contributed by atoms with Gasteiger partial charge in [-0.25, -0.2) is 12.8 Å². The number of rotatable bonds is 2. The minimum absolute atomic E-state index is 0.0155. The predicted octanol–water partition coefficient (Wildman–Crippen LogP) is 2.26. The van der Waals surface area contributed by atoms with Gasteiger partial charge in [0.05, 0.1) is 17.5 Å². The zero-order chi connectivity index (χ0) is 18.5. The lowest BCUT2D eigenvalue weighted by molar-refractivity contribution is -0.138. The number of carbonyl (C=O) groups is 1. The summed E-state index contributed by atoms with van der Waals surface area (Å²) in [4.78, 5) is 14.4. The van der Waals surface area contributed by atoms with Crippen molar-refractivity contribution in [2.45, 2.75) is 24.3 Å². The van der Waals surface area contributed by atoms with Crippen molar-refractivity contribution in [2.24, 2.45) is 0 Å². The van der Waals surface area contributed by atoms with Crippen molar-refractivity contribution in [2.75, 3.05) is 19.6 Å². The summed E-state index contributed by atoms with van der Waals surface area (Å²) in [6, 6.07) is 11.3. The molecule has 1 atom stereocenters. The van der Waals surface area contributed by atoms with Crippen LogP contribution in [0.4, 0.5) is 4.39 Å². The molecular formula is C19H19FN2O3S. The minimum atomic E-state index is -3.87. The smallest absolute Gasteiger partial charge is 0.243 e. The van der Waals surface area contributed by atoms with Crippen molar-refractivity contribution < 1.29 is 17.6 Å². The highest BCUT2D eigenvalue weighted by Crippen LogP contribution is 2.34. The maximum atomic E-state index is 13.5. The number of hydrogen-bond acceptors (Lipinski definition) is 3. The summed E-state index contributed by atoms with van der Waals surface area (Å²) in [6.07, 6.45) is 0.780. The summed E-state index contributed by atoms with van der Waals surface area (Å²) in [7, 11) is -3.87. The Hall–Kier alpha value is -2.25. The van der Waals surface area contributed by atoms with Gasteiger partial charge in [0, 0.05) is 13.1 Å². The number of carbonyl (C=O) groups excluding carboxylic acids is 1. The SMILES string of the molecule is Cc1cc(S(=O)(=O)N2CC(=O)N3CCc4ccccc4C3C2)ccc1F. The summed E-state index contributed by atoms with van der Waals surface area (Å²) >= 11 is 0. The van der Waals surface area contributed by atoms with Crippen molar-refractivity contribution in [3.63, 3.8) is 0 Å². The second-order valence-corrected chi connectivity index (χ2v) is 8.70. The van der Waals surface area contributed by atoms with Gasteiger partial charge in [-0.05, 0) is 48.2 Å². The van der Waals surface area contributed by atoms with E-state index in [4.69, 9.17) is 0 Å². The molecule has 2 aromatic carbocycles. The number of aryl methyl sites for hydroxylation is 1. The van der Waals surface area contributed by atoms with E-state index in [0.717, 1.165) is 23.6 Å². The first-order valence-electron chi connectivity index (χ1n) is 8.51. The van der Waals surface area contributed by atoms with Gasteiger partial charge in [0.15, 0.2) is 0 Å². The molecule has 2 aromatic rings. The fourth-order valence-corrected chi connectivity index (χ4v) is 5.24. The molecule has 7 heteroatoms. The van der Waals surface area contributed by atoms with Crippen molar-refractivity contribution in [1.29, 1.82) is 0 Å². The van der Waals surface area contributed by atoms with Gasteiger partial charge in [0.1, 0.15) is 5.82 Å². The number of benzene rings is 2. The van der Waals surface area contributed by atoms with Crippen molar-refractivity contribution in [1.82, 2.24) is 9.21 Å². The summed E-state index contributed by atoms with van der Waals surface area (Å²) in [5, 5.41) is 0. The number of piperazine rings is 1. The fourth-order valence-electron chi connectivity index (χ4n) is 3.76. The van der Waals surface area contributed by atoms with E-state index in [9.17, 15) is 17.6 Å². The molecule has 4 rings (SSSR count). The first-order valence-corrected chi connectivity index (χ1v) is 9.95. The van der Waals surface area contributed by atoms with E-state index < -0.39 is 15.8 Å². The van der Waals surface area contributed by atoms with Gasteiger partial charge in [-0.3, -0.25) is 4.79 Å². The Labute approximate surface area is 152 Å². The van der Waals surface area contributed by atoms with E-state index >= 15 is 0 Å². The molecule has 2 aliphatic heterocycles. The number of hydrogen-bond donors (Lipinski definition) is 0. The topological polar surface area (TPSA) is 57.7 Å². The van der Waals surface area contributed by atoms with Crippen LogP contribution in [0.25, 0.3) is 0 Å². The number of nitrogens with zero attached hydrogens (tertiary/aromatic N) is 2. The summed E-state index contributed by atoms with van der Waals surface area (Å²) in [6.45, 7) is 2.15. The molecule has 0 spiro atoms. The zero-order valence-electron chi connectivity index (χ0n) is 14.4. The molecule has 0 aromatic heterocycles. The number of sulfonamides is 1. The molecule has 0 radical (unpaired) electrons. The quantitative estimate of drug-likeness (QED) is 0.810. The molecule has 1 fully saturated rings. The van der Waals surface area contributed by atoms with Crippen LogP contribution in [-0.2, 0) is 21.2 Å². The van der Waals surface area contributed by atoms with Gasteiger partial charge in [-0.1, -0.05) is 24.3 Å². The monoisotopic (exact) mass is 374 g/mol. The van der Waals surface area contributed by atoms with Gasteiger partial charge >= 0.3 is 0 Å². The first kappa shape index (κ1) is 17.2. The van der Waals surface area contributed by atoms with Crippen molar-refractivity contribution in [3.8, 4) is 0 Å². The fraction of sp³-hybridized carbons (Fsp3) is 0.316. The third kappa shape index (κ3) is 2.71. The van der Waals surface area contributed by atoms with Crippen LogP contribution in [0.5, 0.6) is 0 Å². The lowest BCUT2D eigenvalue weighted by Gasteiger charge is -2.44. The Bertz CT molecular complexity index is 990. The molecule has 0 bridgehead atoms. The minimum Gasteiger partial charge on any atom is -0.333 e. The maximum Gasteiger partial charge on any atom is 0.243 e. The lowest BCUT2D eigenvalue weighted by Crippen LogP contribution is -2.55. The highest BCUT2D eigenvalue weighted by molar-refractivity contribution is 7.89. The average Bonchev–Trinajstić information content (AvgIpc) is 2.63. The molecule has 5 nitrogen and oxygen atoms in total. The molecule has 0 saturated carbocycles. The molecule has 1 saturated heterocycles. The largest absolute Gasteiger partial charge is 0.333 e. The Balaban J connectivity index is 1.71. The number of amides is 1. The van der Waals surface area contributed by atoms with E-state index in [0.29, 0.717) is 6.54 Å². The van der Waals surface area contributed by atoms with Gasteiger partial charge < -0.3 is 4.90 Å². The second-order valence-electron chi connectivity index (χ2n) is 6.76.